The van der Waals surface area contributed by atoms with Crippen LogP contribution in [0.15, 0.2) is 36.8 Å². The van der Waals surface area contributed by atoms with E-state index in [0.29, 0.717) is 0 Å². The van der Waals surface area contributed by atoms with Gasteiger partial charge in [0, 0.05) is 23.4 Å². The minimum atomic E-state index is -0.0558. The van der Waals surface area contributed by atoms with Crippen LogP contribution in [-0.4, -0.2) is 25.4 Å². The van der Waals surface area contributed by atoms with E-state index in [2.05, 4.69) is 73.2 Å². The maximum atomic E-state index is 4.82. The Labute approximate surface area is 153 Å². The van der Waals surface area contributed by atoms with Crippen molar-refractivity contribution < 1.29 is 0 Å². The Kier molecular flexibility index (Phi) is 3.65. The number of H-pyrrole nitrogens is 2. The van der Waals surface area contributed by atoms with Crippen LogP contribution < -0.4 is 0 Å². The van der Waals surface area contributed by atoms with Crippen LogP contribution in [-0.2, 0) is 17.3 Å². The summed E-state index contributed by atoms with van der Waals surface area (Å²) in [7, 11) is 0. The molecule has 3 heterocycles. The first kappa shape index (κ1) is 16.8. The quantitative estimate of drug-likeness (QED) is 0.566. The van der Waals surface area contributed by atoms with Crippen molar-refractivity contribution in [2.45, 2.75) is 51.9 Å². The third-order valence-electron chi connectivity index (χ3n) is 5.21. The van der Waals surface area contributed by atoms with Gasteiger partial charge in [0.25, 0.3) is 0 Å². The van der Waals surface area contributed by atoms with E-state index in [-0.39, 0.29) is 10.8 Å². The maximum absolute atomic E-state index is 4.82. The highest BCUT2D eigenvalue weighted by Crippen LogP contribution is 2.34. The third-order valence-corrected chi connectivity index (χ3v) is 5.21. The Hall–Kier alpha value is -2.69. The monoisotopic (exact) mass is 347 g/mol. The van der Waals surface area contributed by atoms with Gasteiger partial charge in [-0.25, -0.2) is 0 Å². The summed E-state index contributed by atoms with van der Waals surface area (Å²) in [5.41, 5.74) is 5.66. The number of nitrogens with zero attached hydrogens (tertiary/aromatic N) is 3. The number of aromatic amines is 2. The molecule has 0 bridgehead atoms. The first-order chi connectivity index (χ1) is 12.3. The molecule has 2 N–H and O–H groups in total. The van der Waals surface area contributed by atoms with Crippen LogP contribution in [0.25, 0.3) is 21.8 Å². The zero-order valence-corrected chi connectivity index (χ0v) is 16.0. The number of pyridine rings is 1. The van der Waals surface area contributed by atoms with Crippen LogP contribution in [0.4, 0.5) is 0 Å². The third kappa shape index (κ3) is 2.77. The zero-order chi connectivity index (χ0) is 18.5. The fourth-order valence-corrected chi connectivity index (χ4v) is 3.60. The summed E-state index contributed by atoms with van der Waals surface area (Å²) >= 11 is 0. The lowest BCUT2D eigenvalue weighted by atomic mass is 9.79. The molecule has 26 heavy (non-hydrogen) atoms. The molecule has 134 valence electrons. The zero-order valence-electron chi connectivity index (χ0n) is 16.0. The summed E-state index contributed by atoms with van der Waals surface area (Å²) in [5, 5.41) is 16.9. The summed E-state index contributed by atoms with van der Waals surface area (Å²) in [6.07, 6.45) is 6.64. The summed E-state index contributed by atoms with van der Waals surface area (Å²) in [6, 6.07) is 6.49. The second-order valence-electron chi connectivity index (χ2n) is 8.76. The number of nitrogens with one attached hydrogen (secondary N) is 2. The minimum Gasteiger partial charge on any atom is -0.278 e. The van der Waals surface area contributed by atoms with Gasteiger partial charge in [0.15, 0.2) is 0 Å². The minimum absolute atomic E-state index is 0.0372. The van der Waals surface area contributed by atoms with E-state index < -0.39 is 0 Å². The summed E-state index contributed by atoms with van der Waals surface area (Å²) in [5.74, 6) is 0. The van der Waals surface area contributed by atoms with Gasteiger partial charge in [-0.3, -0.25) is 15.2 Å². The average Bonchev–Trinajstić information content (AvgIpc) is 3.22. The highest BCUT2D eigenvalue weighted by molar-refractivity contribution is 5.84. The van der Waals surface area contributed by atoms with Crippen LogP contribution >= 0.6 is 0 Å². The van der Waals surface area contributed by atoms with Crippen LogP contribution in [0.1, 0.15) is 51.4 Å². The molecule has 5 heteroatoms. The molecule has 0 aliphatic heterocycles. The predicted molar refractivity (Wildman–Crippen MR) is 105 cm³/mol. The largest absolute Gasteiger partial charge is 0.278 e. The molecular formula is C21H25N5. The van der Waals surface area contributed by atoms with Crippen LogP contribution in [0, 0.1) is 0 Å². The van der Waals surface area contributed by atoms with Crippen molar-refractivity contribution in [2.75, 3.05) is 0 Å². The number of benzene rings is 1. The normalized spacial score (nSPS) is 13.0. The van der Waals surface area contributed by atoms with Gasteiger partial charge in [-0.1, -0.05) is 40.7 Å². The number of hydrogen-bond donors (Lipinski definition) is 2. The van der Waals surface area contributed by atoms with Crippen molar-refractivity contribution in [1.29, 1.82) is 0 Å². The van der Waals surface area contributed by atoms with Gasteiger partial charge < -0.3 is 0 Å². The molecule has 0 unspecified atom stereocenters. The van der Waals surface area contributed by atoms with E-state index in [0.717, 1.165) is 28.5 Å². The molecule has 0 amide bonds. The molecular weight excluding hydrogens is 322 g/mol. The first-order valence-electron chi connectivity index (χ1n) is 9.01. The van der Waals surface area contributed by atoms with Crippen molar-refractivity contribution in [2.24, 2.45) is 0 Å². The molecule has 5 nitrogen and oxygen atoms in total. The van der Waals surface area contributed by atoms with Crippen molar-refractivity contribution in [3.05, 3.63) is 53.6 Å². The first-order valence-corrected chi connectivity index (χ1v) is 9.01. The van der Waals surface area contributed by atoms with Gasteiger partial charge in [-0.05, 0) is 34.1 Å². The molecule has 0 fully saturated rings. The Morgan fingerprint density at radius 2 is 1.69 bits per heavy atom. The topological polar surface area (TPSA) is 70.2 Å². The second-order valence-corrected chi connectivity index (χ2v) is 8.76. The molecule has 3 aromatic heterocycles. The molecule has 0 radical (unpaired) electrons. The summed E-state index contributed by atoms with van der Waals surface area (Å²) in [6.45, 7) is 11.1. The van der Waals surface area contributed by atoms with Gasteiger partial charge in [0.05, 0.1) is 29.1 Å². The van der Waals surface area contributed by atoms with E-state index in [1.54, 1.807) is 0 Å². The van der Waals surface area contributed by atoms with Gasteiger partial charge in [0.1, 0.15) is 0 Å². The molecule has 4 aromatic rings. The number of rotatable bonds is 3. The molecule has 0 atom stereocenters. The average molecular weight is 347 g/mol. The molecule has 0 spiro atoms. The lowest BCUT2D eigenvalue weighted by molar-refractivity contribution is 0.516. The van der Waals surface area contributed by atoms with Gasteiger partial charge >= 0.3 is 0 Å². The van der Waals surface area contributed by atoms with Crippen molar-refractivity contribution in [3.8, 4) is 0 Å². The molecule has 0 aliphatic carbocycles. The van der Waals surface area contributed by atoms with E-state index in [1.807, 2.05) is 18.6 Å². The molecule has 0 aliphatic rings. The highest BCUT2D eigenvalue weighted by Gasteiger charge is 2.26. The second kappa shape index (κ2) is 5.66. The summed E-state index contributed by atoms with van der Waals surface area (Å²) in [4.78, 5) is 4.82. The van der Waals surface area contributed by atoms with Crippen LogP contribution in [0.2, 0.25) is 0 Å². The SMILES string of the molecule is CC(C)(C)c1cnc(CC(C)(C)c2ccc3[nH]ncc3c2)c2[nH]ncc12. The van der Waals surface area contributed by atoms with E-state index in [9.17, 15) is 0 Å². The van der Waals surface area contributed by atoms with Crippen LogP contribution in [0.3, 0.4) is 0 Å². The number of aromatic nitrogens is 5. The lowest BCUT2D eigenvalue weighted by Crippen LogP contribution is -2.22. The summed E-state index contributed by atoms with van der Waals surface area (Å²) < 4.78 is 0. The fraction of sp³-hybridized carbons (Fsp3) is 0.381. The molecule has 0 saturated carbocycles. The van der Waals surface area contributed by atoms with Gasteiger partial charge in [-0.2, -0.15) is 10.2 Å². The number of fused-ring (bicyclic) bond motifs is 2. The molecule has 0 saturated heterocycles. The van der Waals surface area contributed by atoms with Crippen molar-refractivity contribution in [3.63, 3.8) is 0 Å². The van der Waals surface area contributed by atoms with E-state index in [1.165, 1.54) is 16.5 Å². The Bertz CT molecular complexity index is 1080. The van der Waals surface area contributed by atoms with Gasteiger partial charge in [-0.15, -0.1) is 0 Å². The Balaban J connectivity index is 1.75. The molecule has 4 rings (SSSR count). The lowest BCUT2D eigenvalue weighted by Gasteiger charge is -2.26. The van der Waals surface area contributed by atoms with Crippen molar-refractivity contribution >= 4 is 21.8 Å². The maximum Gasteiger partial charge on any atom is 0.0868 e. The number of hydrogen-bond acceptors (Lipinski definition) is 3. The smallest absolute Gasteiger partial charge is 0.0868 e. The Morgan fingerprint density at radius 3 is 2.46 bits per heavy atom. The van der Waals surface area contributed by atoms with Crippen molar-refractivity contribution in [1.82, 2.24) is 25.4 Å². The molecule has 1 aromatic carbocycles. The van der Waals surface area contributed by atoms with E-state index >= 15 is 0 Å². The van der Waals surface area contributed by atoms with E-state index in [4.69, 9.17) is 4.98 Å². The van der Waals surface area contributed by atoms with Gasteiger partial charge in [0.2, 0.25) is 0 Å². The standard InChI is InChI=1S/C21H25N5/c1-20(2,3)16-12-22-18(19-15(16)11-24-26-19)9-21(4,5)14-6-7-17-13(8-14)10-23-25-17/h6-8,10-12H,9H2,1-5H3,(H,23,25)(H,24,26). The predicted octanol–water partition coefficient (Wildman–Crippen LogP) is 4.65. The Morgan fingerprint density at radius 1 is 0.923 bits per heavy atom. The highest BCUT2D eigenvalue weighted by atomic mass is 15.1. The van der Waals surface area contributed by atoms with Crippen LogP contribution in [0.5, 0.6) is 0 Å². The fourth-order valence-electron chi connectivity index (χ4n) is 3.60.